The fourth-order valence-corrected chi connectivity index (χ4v) is 1.74. The van der Waals surface area contributed by atoms with E-state index >= 15 is 0 Å². The Kier molecular flexibility index (Phi) is 2.24. The van der Waals surface area contributed by atoms with Crippen LogP contribution in [0.25, 0.3) is 0 Å². The summed E-state index contributed by atoms with van der Waals surface area (Å²) in [6, 6.07) is 10.1. The number of hydrogen-bond donors (Lipinski definition) is 0. The number of carbonyl (C=O) groups is 1. The molecule has 2 rings (SSSR count). The maximum absolute atomic E-state index is 11.9. The number of rotatable bonds is 0. The molecule has 2 nitrogen and oxygen atoms in total. The Morgan fingerprint density at radius 3 is 2.93 bits per heavy atom. The molecule has 0 atom stereocenters. The lowest BCUT2D eigenvalue weighted by Gasteiger charge is -2.11. The van der Waals surface area contributed by atoms with E-state index in [1.807, 2.05) is 24.3 Å². The molecule has 14 heavy (non-hydrogen) atoms. The van der Waals surface area contributed by atoms with Crippen molar-refractivity contribution in [2.75, 3.05) is 6.54 Å². The predicted molar refractivity (Wildman–Crippen MR) is 54.6 cm³/mol. The minimum absolute atomic E-state index is 0.0411. The molecule has 1 aromatic carbocycles. The Bertz CT molecular complexity index is 403. The van der Waals surface area contributed by atoms with E-state index in [-0.39, 0.29) is 5.91 Å². The predicted octanol–water partition coefficient (Wildman–Crippen LogP) is 1.67. The Morgan fingerprint density at radius 2 is 2.14 bits per heavy atom. The van der Waals surface area contributed by atoms with E-state index in [4.69, 9.17) is 6.42 Å². The number of terminal acetylenes is 1. The standard InChI is InChI=1S/C12H11NO/c1-2-13-9-5-7-10-6-3-4-8-11(10)12(13)14/h1,3-4,6,8H,5,7,9H2. The van der Waals surface area contributed by atoms with E-state index in [1.54, 1.807) is 0 Å². The summed E-state index contributed by atoms with van der Waals surface area (Å²) in [5.74, 6) is -0.0411. The molecule has 1 heterocycles. The van der Waals surface area contributed by atoms with Crippen molar-refractivity contribution in [1.82, 2.24) is 4.90 Å². The van der Waals surface area contributed by atoms with Gasteiger partial charge in [-0.25, -0.2) is 0 Å². The van der Waals surface area contributed by atoms with Gasteiger partial charge in [0, 0.05) is 18.2 Å². The highest BCUT2D eigenvalue weighted by molar-refractivity contribution is 5.97. The van der Waals surface area contributed by atoms with Crippen LogP contribution in [-0.4, -0.2) is 17.4 Å². The van der Waals surface area contributed by atoms with Gasteiger partial charge < -0.3 is 0 Å². The van der Waals surface area contributed by atoms with Crippen LogP contribution in [-0.2, 0) is 6.42 Å². The van der Waals surface area contributed by atoms with Crippen molar-refractivity contribution < 1.29 is 4.79 Å². The third-order valence-electron chi connectivity index (χ3n) is 2.48. The quantitative estimate of drug-likeness (QED) is 0.563. The van der Waals surface area contributed by atoms with Crippen molar-refractivity contribution in [2.45, 2.75) is 12.8 Å². The first-order valence-corrected chi connectivity index (χ1v) is 4.69. The SMILES string of the molecule is C#CN1CCCc2ccccc2C1=O. The van der Waals surface area contributed by atoms with Crippen molar-refractivity contribution >= 4 is 5.91 Å². The Balaban J connectivity index is 2.46. The Labute approximate surface area is 83.5 Å². The van der Waals surface area contributed by atoms with E-state index in [0.717, 1.165) is 24.0 Å². The van der Waals surface area contributed by atoms with Crippen LogP contribution in [0.4, 0.5) is 0 Å². The monoisotopic (exact) mass is 185 g/mol. The number of nitrogens with zero attached hydrogens (tertiary/aromatic N) is 1. The molecule has 0 N–H and O–H groups in total. The second-order valence-corrected chi connectivity index (χ2v) is 3.35. The highest BCUT2D eigenvalue weighted by Crippen LogP contribution is 2.17. The van der Waals surface area contributed by atoms with Gasteiger partial charge in [-0.05, 0) is 24.5 Å². The van der Waals surface area contributed by atoms with E-state index < -0.39 is 0 Å². The zero-order valence-corrected chi connectivity index (χ0v) is 7.86. The van der Waals surface area contributed by atoms with Gasteiger partial charge >= 0.3 is 0 Å². The molecule has 0 spiro atoms. The number of hydrogen-bond acceptors (Lipinski definition) is 1. The number of fused-ring (bicyclic) bond motifs is 1. The molecule has 0 aromatic heterocycles. The van der Waals surface area contributed by atoms with Crippen LogP contribution in [0.15, 0.2) is 24.3 Å². The molecule has 1 amide bonds. The fraction of sp³-hybridized carbons (Fsp3) is 0.250. The van der Waals surface area contributed by atoms with Gasteiger partial charge in [-0.15, -0.1) is 0 Å². The van der Waals surface area contributed by atoms with Gasteiger partial charge in [-0.2, -0.15) is 0 Å². The lowest BCUT2D eigenvalue weighted by molar-refractivity contribution is 0.0839. The third-order valence-corrected chi connectivity index (χ3v) is 2.48. The molecule has 0 radical (unpaired) electrons. The van der Waals surface area contributed by atoms with Gasteiger partial charge in [-0.3, -0.25) is 9.69 Å². The van der Waals surface area contributed by atoms with Crippen LogP contribution in [0.1, 0.15) is 22.3 Å². The Morgan fingerprint density at radius 1 is 1.36 bits per heavy atom. The van der Waals surface area contributed by atoms with Crippen molar-refractivity contribution in [2.24, 2.45) is 0 Å². The summed E-state index contributed by atoms with van der Waals surface area (Å²) < 4.78 is 0. The lowest BCUT2D eigenvalue weighted by Crippen LogP contribution is -2.25. The molecule has 1 aliphatic heterocycles. The van der Waals surface area contributed by atoms with Crippen molar-refractivity contribution in [3.63, 3.8) is 0 Å². The molecule has 0 saturated heterocycles. The second kappa shape index (κ2) is 3.55. The lowest BCUT2D eigenvalue weighted by atomic mass is 10.0. The smallest absolute Gasteiger partial charge is 0.265 e. The molecule has 0 bridgehead atoms. The van der Waals surface area contributed by atoms with Crippen LogP contribution in [0.3, 0.4) is 0 Å². The van der Waals surface area contributed by atoms with Crippen molar-refractivity contribution in [3.05, 3.63) is 35.4 Å². The van der Waals surface area contributed by atoms with Crippen molar-refractivity contribution in [3.8, 4) is 12.5 Å². The van der Waals surface area contributed by atoms with Gasteiger partial charge in [0.15, 0.2) is 0 Å². The number of amides is 1. The first kappa shape index (κ1) is 8.83. The minimum atomic E-state index is -0.0411. The summed E-state index contributed by atoms with van der Waals surface area (Å²) in [6.07, 6.45) is 7.14. The van der Waals surface area contributed by atoms with Gasteiger partial charge in [0.25, 0.3) is 5.91 Å². The first-order valence-electron chi connectivity index (χ1n) is 4.69. The highest BCUT2D eigenvalue weighted by Gasteiger charge is 2.20. The minimum Gasteiger partial charge on any atom is -0.268 e. The summed E-state index contributed by atoms with van der Waals surface area (Å²) >= 11 is 0. The highest BCUT2D eigenvalue weighted by atomic mass is 16.2. The fourth-order valence-electron chi connectivity index (χ4n) is 1.74. The summed E-state index contributed by atoms with van der Waals surface area (Å²) in [5, 5.41) is 0. The van der Waals surface area contributed by atoms with Gasteiger partial charge in [0.2, 0.25) is 0 Å². The topological polar surface area (TPSA) is 20.3 Å². The average Bonchev–Trinajstić information content (AvgIpc) is 2.39. The molecular weight excluding hydrogens is 174 g/mol. The van der Waals surface area contributed by atoms with Gasteiger partial charge in [0.05, 0.1) is 0 Å². The molecular formula is C12H11NO. The molecule has 1 aliphatic rings. The molecule has 2 heteroatoms. The van der Waals surface area contributed by atoms with Crippen LogP contribution in [0.5, 0.6) is 0 Å². The van der Waals surface area contributed by atoms with E-state index in [9.17, 15) is 4.79 Å². The van der Waals surface area contributed by atoms with E-state index in [1.165, 1.54) is 4.90 Å². The molecule has 0 aliphatic carbocycles. The number of aryl methyl sites for hydroxylation is 1. The van der Waals surface area contributed by atoms with E-state index in [2.05, 4.69) is 6.04 Å². The van der Waals surface area contributed by atoms with Crippen LogP contribution >= 0.6 is 0 Å². The average molecular weight is 185 g/mol. The van der Waals surface area contributed by atoms with Crippen LogP contribution in [0, 0.1) is 12.5 Å². The van der Waals surface area contributed by atoms with Gasteiger partial charge in [-0.1, -0.05) is 24.6 Å². The number of carbonyl (C=O) groups excluding carboxylic acids is 1. The molecule has 70 valence electrons. The van der Waals surface area contributed by atoms with Crippen molar-refractivity contribution in [1.29, 1.82) is 0 Å². The zero-order valence-electron chi connectivity index (χ0n) is 7.86. The zero-order chi connectivity index (χ0) is 9.97. The van der Waals surface area contributed by atoms with Crippen LogP contribution in [0.2, 0.25) is 0 Å². The summed E-state index contributed by atoms with van der Waals surface area (Å²) in [6.45, 7) is 0.657. The van der Waals surface area contributed by atoms with Crippen LogP contribution < -0.4 is 0 Å². The maximum Gasteiger partial charge on any atom is 0.265 e. The maximum atomic E-state index is 11.9. The summed E-state index contributed by atoms with van der Waals surface area (Å²) in [7, 11) is 0. The second-order valence-electron chi connectivity index (χ2n) is 3.35. The largest absolute Gasteiger partial charge is 0.268 e. The third kappa shape index (κ3) is 1.38. The first-order chi connectivity index (χ1) is 6.83. The van der Waals surface area contributed by atoms with Gasteiger partial charge in [0.1, 0.15) is 0 Å². The molecule has 1 aromatic rings. The molecule has 0 fully saturated rings. The van der Waals surface area contributed by atoms with E-state index in [0.29, 0.717) is 6.54 Å². The molecule has 0 unspecified atom stereocenters. The molecule has 0 saturated carbocycles. The summed E-state index contributed by atoms with van der Waals surface area (Å²) in [5.41, 5.74) is 1.86. The Hall–Kier alpha value is -1.75. The summed E-state index contributed by atoms with van der Waals surface area (Å²) in [4.78, 5) is 13.3. The number of benzene rings is 1. The normalized spacial score (nSPS) is 15.6.